The molecular weight excluding hydrogens is 196 g/mol. The van der Waals surface area contributed by atoms with E-state index in [1.54, 1.807) is 23.7 Å². The summed E-state index contributed by atoms with van der Waals surface area (Å²) in [6.07, 6.45) is 3.41. The molecule has 1 atom stereocenters. The summed E-state index contributed by atoms with van der Waals surface area (Å²) < 4.78 is 0. The highest BCUT2D eigenvalue weighted by molar-refractivity contribution is 7.09. The van der Waals surface area contributed by atoms with Gasteiger partial charge in [-0.1, -0.05) is 6.07 Å². The van der Waals surface area contributed by atoms with Crippen molar-refractivity contribution in [1.82, 2.24) is 9.97 Å². The molecule has 3 nitrogen and oxygen atoms in total. The highest BCUT2D eigenvalue weighted by Crippen LogP contribution is 2.16. The molecule has 0 radical (unpaired) electrons. The minimum Gasteiger partial charge on any atom is -0.386 e. The van der Waals surface area contributed by atoms with Crippen LogP contribution < -0.4 is 0 Å². The summed E-state index contributed by atoms with van der Waals surface area (Å²) in [5.41, 5.74) is 0.697. The molecule has 0 aliphatic carbocycles. The maximum absolute atomic E-state index is 9.80. The number of aliphatic hydroxyl groups is 1. The lowest BCUT2D eigenvalue weighted by Crippen LogP contribution is -2.03. The van der Waals surface area contributed by atoms with Crippen molar-refractivity contribution in [3.05, 3.63) is 46.7 Å². The first-order valence-electron chi connectivity index (χ1n) is 4.33. The number of hydrogen-bond acceptors (Lipinski definition) is 4. The molecule has 0 aliphatic rings. The van der Waals surface area contributed by atoms with E-state index < -0.39 is 6.10 Å². The summed E-state index contributed by atoms with van der Waals surface area (Å²) in [5.74, 6) is 0. The Hall–Kier alpha value is -1.26. The lowest BCUT2D eigenvalue weighted by atomic mass is 10.2. The minimum absolute atomic E-state index is 0.536. The average molecular weight is 206 g/mol. The highest BCUT2D eigenvalue weighted by Gasteiger charge is 2.10. The van der Waals surface area contributed by atoms with E-state index in [0.717, 1.165) is 5.01 Å². The van der Waals surface area contributed by atoms with Gasteiger partial charge < -0.3 is 5.11 Å². The molecule has 2 aromatic heterocycles. The number of rotatable bonds is 3. The molecule has 2 aromatic rings. The van der Waals surface area contributed by atoms with Crippen molar-refractivity contribution in [3.8, 4) is 0 Å². The van der Waals surface area contributed by atoms with Crippen LogP contribution in [0.3, 0.4) is 0 Å². The van der Waals surface area contributed by atoms with Gasteiger partial charge >= 0.3 is 0 Å². The third-order valence-corrected chi connectivity index (χ3v) is 2.68. The van der Waals surface area contributed by atoms with E-state index in [1.807, 2.05) is 23.6 Å². The number of aromatic nitrogens is 2. The standard InChI is InChI=1S/C10H10N2OS/c13-9(7-10-12-5-6-14-10)8-3-1-2-4-11-8/h1-6,9,13H,7H2. The number of nitrogens with zero attached hydrogens (tertiary/aromatic N) is 2. The van der Waals surface area contributed by atoms with Gasteiger partial charge in [-0.05, 0) is 12.1 Å². The van der Waals surface area contributed by atoms with Gasteiger partial charge in [0.1, 0.15) is 6.10 Å². The van der Waals surface area contributed by atoms with Crippen LogP contribution in [0.2, 0.25) is 0 Å². The summed E-state index contributed by atoms with van der Waals surface area (Å²) in [5, 5.41) is 12.6. The van der Waals surface area contributed by atoms with Gasteiger partial charge in [-0.25, -0.2) is 4.98 Å². The predicted octanol–water partition coefficient (Wildman–Crippen LogP) is 1.81. The summed E-state index contributed by atoms with van der Waals surface area (Å²) in [4.78, 5) is 8.20. The molecule has 0 saturated heterocycles. The van der Waals surface area contributed by atoms with E-state index >= 15 is 0 Å². The minimum atomic E-state index is -0.553. The van der Waals surface area contributed by atoms with Gasteiger partial charge in [0.2, 0.25) is 0 Å². The molecular formula is C10H10N2OS. The molecule has 0 spiro atoms. The zero-order valence-electron chi connectivity index (χ0n) is 7.50. The summed E-state index contributed by atoms with van der Waals surface area (Å²) in [6, 6.07) is 5.52. The predicted molar refractivity (Wildman–Crippen MR) is 55.0 cm³/mol. The van der Waals surface area contributed by atoms with Crippen LogP contribution in [0.15, 0.2) is 36.0 Å². The van der Waals surface area contributed by atoms with Crippen LogP contribution in [0.4, 0.5) is 0 Å². The Morgan fingerprint density at radius 3 is 2.86 bits per heavy atom. The van der Waals surface area contributed by atoms with Crippen LogP contribution in [0.25, 0.3) is 0 Å². The normalized spacial score (nSPS) is 12.6. The second kappa shape index (κ2) is 4.30. The van der Waals surface area contributed by atoms with Crippen molar-refractivity contribution >= 4 is 11.3 Å². The van der Waals surface area contributed by atoms with Crippen molar-refractivity contribution < 1.29 is 5.11 Å². The van der Waals surface area contributed by atoms with Crippen LogP contribution >= 0.6 is 11.3 Å². The first-order valence-corrected chi connectivity index (χ1v) is 5.21. The zero-order valence-corrected chi connectivity index (χ0v) is 8.31. The Labute approximate surface area is 86.1 Å². The van der Waals surface area contributed by atoms with Gasteiger partial charge in [-0.15, -0.1) is 11.3 Å². The lowest BCUT2D eigenvalue weighted by molar-refractivity contribution is 0.173. The Kier molecular flexibility index (Phi) is 2.86. The third kappa shape index (κ3) is 2.16. The van der Waals surface area contributed by atoms with E-state index in [1.165, 1.54) is 0 Å². The molecule has 0 aliphatic heterocycles. The highest BCUT2D eigenvalue weighted by atomic mass is 32.1. The van der Waals surface area contributed by atoms with Crippen LogP contribution in [0, 0.1) is 0 Å². The molecule has 72 valence electrons. The number of hydrogen-bond donors (Lipinski definition) is 1. The van der Waals surface area contributed by atoms with Crippen molar-refractivity contribution in [2.45, 2.75) is 12.5 Å². The number of aliphatic hydroxyl groups excluding tert-OH is 1. The molecule has 14 heavy (non-hydrogen) atoms. The van der Waals surface area contributed by atoms with E-state index in [2.05, 4.69) is 9.97 Å². The average Bonchev–Trinajstić information content (AvgIpc) is 2.72. The molecule has 4 heteroatoms. The van der Waals surface area contributed by atoms with Crippen molar-refractivity contribution in [2.75, 3.05) is 0 Å². The fourth-order valence-corrected chi connectivity index (χ4v) is 1.85. The molecule has 0 fully saturated rings. The number of pyridine rings is 1. The molecule has 1 N–H and O–H groups in total. The SMILES string of the molecule is OC(Cc1nccs1)c1ccccn1. The summed E-state index contributed by atoms with van der Waals surface area (Å²) >= 11 is 1.55. The van der Waals surface area contributed by atoms with E-state index in [9.17, 15) is 5.11 Å². The van der Waals surface area contributed by atoms with Crippen LogP contribution in [-0.4, -0.2) is 15.1 Å². The van der Waals surface area contributed by atoms with E-state index in [-0.39, 0.29) is 0 Å². The second-order valence-electron chi connectivity index (χ2n) is 2.90. The fraction of sp³-hybridized carbons (Fsp3) is 0.200. The largest absolute Gasteiger partial charge is 0.386 e. The smallest absolute Gasteiger partial charge is 0.102 e. The van der Waals surface area contributed by atoms with Gasteiger partial charge in [0.25, 0.3) is 0 Å². The zero-order chi connectivity index (χ0) is 9.80. The Morgan fingerprint density at radius 1 is 1.29 bits per heavy atom. The Bertz CT molecular complexity index is 374. The quantitative estimate of drug-likeness (QED) is 0.833. The molecule has 1 unspecified atom stereocenters. The van der Waals surface area contributed by atoms with Crippen LogP contribution in [0.1, 0.15) is 16.8 Å². The fourth-order valence-electron chi connectivity index (χ4n) is 1.20. The second-order valence-corrected chi connectivity index (χ2v) is 3.88. The monoisotopic (exact) mass is 206 g/mol. The van der Waals surface area contributed by atoms with Gasteiger partial charge in [0.05, 0.1) is 10.7 Å². The van der Waals surface area contributed by atoms with Gasteiger partial charge in [-0.2, -0.15) is 0 Å². The van der Waals surface area contributed by atoms with Gasteiger partial charge in [0.15, 0.2) is 0 Å². The van der Waals surface area contributed by atoms with Gasteiger partial charge in [-0.3, -0.25) is 4.98 Å². The molecule has 0 saturated carbocycles. The maximum atomic E-state index is 9.80. The van der Waals surface area contributed by atoms with Crippen molar-refractivity contribution in [3.63, 3.8) is 0 Å². The molecule has 2 heterocycles. The van der Waals surface area contributed by atoms with E-state index in [0.29, 0.717) is 12.1 Å². The van der Waals surface area contributed by atoms with Crippen LogP contribution in [0.5, 0.6) is 0 Å². The third-order valence-electron chi connectivity index (χ3n) is 1.88. The Morgan fingerprint density at radius 2 is 2.21 bits per heavy atom. The number of thiazole rings is 1. The molecule has 0 bridgehead atoms. The molecule has 0 amide bonds. The summed E-state index contributed by atoms with van der Waals surface area (Å²) in [6.45, 7) is 0. The van der Waals surface area contributed by atoms with Gasteiger partial charge in [0, 0.05) is 24.2 Å². The molecule has 0 aromatic carbocycles. The van der Waals surface area contributed by atoms with E-state index in [4.69, 9.17) is 0 Å². The first kappa shape index (κ1) is 9.30. The lowest BCUT2D eigenvalue weighted by Gasteiger charge is -2.06. The Balaban J connectivity index is 2.07. The maximum Gasteiger partial charge on any atom is 0.102 e. The first-order chi connectivity index (χ1) is 6.86. The van der Waals surface area contributed by atoms with Crippen LogP contribution in [-0.2, 0) is 6.42 Å². The topological polar surface area (TPSA) is 46.0 Å². The summed E-state index contributed by atoms with van der Waals surface area (Å²) in [7, 11) is 0. The van der Waals surface area contributed by atoms with Crippen molar-refractivity contribution in [2.24, 2.45) is 0 Å². The molecule has 2 rings (SSSR count). The van der Waals surface area contributed by atoms with Crippen molar-refractivity contribution in [1.29, 1.82) is 0 Å².